The Kier molecular flexibility index (Phi) is 5.51. The van der Waals surface area contributed by atoms with Crippen molar-refractivity contribution < 1.29 is 0 Å². The number of likely N-dealkylation sites (tertiary alicyclic amines) is 1. The summed E-state index contributed by atoms with van der Waals surface area (Å²) in [6, 6.07) is 2.58. The van der Waals surface area contributed by atoms with Crippen molar-refractivity contribution in [3.8, 4) is 6.07 Å². The van der Waals surface area contributed by atoms with Gasteiger partial charge in [-0.3, -0.25) is 0 Å². The fraction of sp³-hybridized carbons (Fsp3) is 0.688. The van der Waals surface area contributed by atoms with Gasteiger partial charge in [-0.1, -0.05) is 13.8 Å². The second-order valence-electron chi connectivity index (χ2n) is 5.72. The first kappa shape index (κ1) is 15.7. The van der Waals surface area contributed by atoms with Crippen LogP contribution in [0.25, 0.3) is 0 Å². The highest BCUT2D eigenvalue weighted by Gasteiger charge is 2.18. The van der Waals surface area contributed by atoms with Gasteiger partial charge in [-0.2, -0.15) is 10.4 Å². The molecule has 1 aromatic rings. The van der Waals surface area contributed by atoms with Crippen LogP contribution in [0.3, 0.4) is 0 Å². The van der Waals surface area contributed by atoms with Crippen LogP contribution in [0.15, 0.2) is 0 Å². The van der Waals surface area contributed by atoms with Gasteiger partial charge in [0.2, 0.25) is 0 Å². The Morgan fingerprint density at radius 1 is 1.24 bits per heavy atom. The molecule has 1 aliphatic heterocycles. The minimum atomic E-state index is 0.265. The van der Waals surface area contributed by atoms with Crippen molar-refractivity contribution in [3.05, 3.63) is 16.8 Å². The Bertz CT molecular complexity index is 514. The van der Waals surface area contributed by atoms with Crippen LogP contribution in [0.5, 0.6) is 0 Å². The fourth-order valence-corrected chi connectivity index (χ4v) is 3.03. The summed E-state index contributed by atoms with van der Waals surface area (Å²) in [5.41, 5.74) is 2.63. The van der Waals surface area contributed by atoms with Gasteiger partial charge in [-0.05, 0) is 51.3 Å². The fourth-order valence-electron chi connectivity index (χ4n) is 3.03. The molecule has 0 aromatic carbocycles. The molecule has 5 heteroatoms. The van der Waals surface area contributed by atoms with Crippen molar-refractivity contribution >= 4 is 5.82 Å². The van der Waals surface area contributed by atoms with E-state index in [0.717, 1.165) is 30.6 Å². The van der Waals surface area contributed by atoms with Crippen molar-refractivity contribution in [3.63, 3.8) is 0 Å². The van der Waals surface area contributed by atoms with E-state index in [9.17, 15) is 5.26 Å². The van der Waals surface area contributed by atoms with Crippen LogP contribution in [0.2, 0.25) is 0 Å². The molecule has 2 heterocycles. The summed E-state index contributed by atoms with van der Waals surface area (Å²) in [6.07, 6.45) is 4.22. The number of hydrogen-bond acceptors (Lipinski definition) is 5. The van der Waals surface area contributed by atoms with Gasteiger partial charge in [0.15, 0.2) is 5.82 Å². The van der Waals surface area contributed by atoms with Crippen LogP contribution < -0.4 is 5.32 Å². The molecule has 0 amide bonds. The van der Waals surface area contributed by atoms with Crippen molar-refractivity contribution in [2.75, 3.05) is 25.0 Å². The first-order chi connectivity index (χ1) is 10.2. The van der Waals surface area contributed by atoms with E-state index in [1.165, 1.54) is 25.9 Å². The number of aromatic nitrogens is 2. The Labute approximate surface area is 127 Å². The van der Waals surface area contributed by atoms with E-state index in [4.69, 9.17) is 0 Å². The summed E-state index contributed by atoms with van der Waals surface area (Å²) < 4.78 is 0. The van der Waals surface area contributed by atoms with Crippen LogP contribution in [-0.2, 0) is 12.8 Å². The third kappa shape index (κ3) is 3.70. The average molecular weight is 287 g/mol. The molecule has 2 rings (SSSR count). The zero-order valence-corrected chi connectivity index (χ0v) is 13.3. The van der Waals surface area contributed by atoms with Gasteiger partial charge >= 0.3 is 0 Å². The van der Waals surface area contributed by atoms with Gasteiger partial charge in [0.05, 0.1) is 5.69 Å². The molecule has 1 unspecified atom stereocenters. The number of rotatable bonds is 6. The van der Waals surface area contributed by atoms with Crippen LogP contribution in [-0.4, -0.2) is 40.8 Å². The lowest BCUT2D eigenvalue weighted by Gasteiger charge is -2.22. The molecule has 0 radical (unpaired) electrons. The van der Waals surface area contributed by atoms with Crippen LogP contribution in [0.1, 0.15) is 50.4 Å². The number of nitriles is 1. The lowest BCUT2D eigenvalue weighted by Crippen LogP contribution is -2.33. The third-order valence-electron chi connectivity index (χ3n) is 4.07. The van der Waals surface area contributed by atoms with Gasteiger partial charge in [0, 0.05) is 12.6 Å². The number of aryl methyl sites for hydroxylation is 1. The molecule has 21 heavy (non-hydrogen) atoms. The highest BCUT2D eigenvalue weighted by molar-refractivity contribution is 5.56. The van der Waals surface area contributed by atoms with Crippen molar-refractivity contribution in [1.29, 1.82) is 5.26 Å². The Hall–Kier alpha value is -1.67. The number of anilines is 1. The SMILES string of the molecule is CCc1nnc(NC(C)CN2CCCC2)c(C#N)c1CC. The molecule has 1 aliphatic rings. The second kappa shape index (κ2) is 7.37. The molecule has 1 saturated heterocycles. The van der Waals surface area contributed by atoms with Crippen LogP contribution >= 0.6 is 0 Å². The maximum Gasteiger partial charge on any atom is 0.167 e. The van der Waals surface area contributed by atoms with E-state index < -0.39 is 0 Å². The zero-order valence-electron chi connectivity index (χ0n) is 13.3. The van der Waals surface area contributed by atoms with E-state index in [0.29, 0.717) is 11.4 Å². The maximum absolute atomic E-state index is 9.48. The first-order valence-corrected chi connectivity index (χ1v) is 7.97. The molecule has 0 bridgehead atoms. The number of hydrogen-bond donors (Lipinski definition) is 1. The van der Waals surface area contributed by atoms with Crippen LogP contribution in [0, 0.1) is 11.3 Å². The topological polar surface area (TPSA) is 64.8 Å². The zero-order chi connectivity index (χ0) is 15.2. The smallest absolute Gasteiger partial charge is 0.167 e. The van der Waals surface area contributed by atoms with Crippen molar-refractivity contribution in [2.45, 2.75) is 52.5 Å². The van der Waals surface area contributed by atoms with Gasteiger partial charge in [-0.15, -0.1) is 5.10 Å². The molecule has 0 spiro atoms. The maximum atomic E-state index is 9.48. The Morgan fingerprint density at radius 2 is 1.95 bits per heavy atom. The first-order valence-electron chi connectivity index (χ1n) is 7.97. The molecule has 1 N–H and O–H groups in total. The summed E-state index contributed by atoms with van der Waals surface area (Å²) in [5, 5.41) is 21.4. The minimum absolute atomic E-state index is 0.265. The van der Waals surface area contributed by atoms with Crippen molar-refractivity contribution in [2.24, 2.45) is 0 Å². The lowest BCUT2D eigenvalue weighted by molar-refractivity contribution is 0.327. The van der Waals surface area contributed by atoms with E-state index in [1.807, 2.05) is 6.92 Å². The molecular weight excluding hydrogens is 262 g/mol. The summed E-state index contributed by atoms with van der Waals surface area (Å²) in [4.78, 5) is 2.46. The summed E-state index contributed by atoms with van der Waals surface area (Å²) in [5.74, 6) is 0.637. The highest BCUT2D eigenvalue weighted by atomic mass is 15.2. The second-order valence-corrected chi connectivity index (χ2v) is 5.72. The van der Waals surface area contributed by atoms with E-state index in [-0.39, 0.29) is 6.04 Å². The van der Waals surface area contributed by atoms with Crippen molar-refractivity contribution in [1.82, 2.24) is 15.1 Å². The summed E-state index contributed by atoms with van der Waals surface area (Å²) in [7, 11) is 0. The Balaban J connectivity index is 2.13. The van der Waals surface area contributed by atoms with Gasteiger partial charge in [0.1, 0.15) is 11.6 Å². The van der Waals surface area contributed by atoms with Gasteiger partial charge in [0.25, 0.3) is 0 Å². The average Bonchev–Trinajstić information content (AvgIpc) is 2.99. The molecule has 114 valence electrons. The predicted molar refractivity (Wildman–Crippen MR) is 84.3 cm³/mol. The molecule has 0 saturated carbocycles. The van der Waals surface area contributed by atoms with E-state index in [2.05, 4.69) is 40.3 Å². The third-order valence-corrected chi connectivity index (χ3v) is 4.07. The lowest BCUT2D eigenvalue weighted by atomic mass is 10.0. The Morgan fingerprint density at radius 3 is 2.52 bits per heavy atom. The molecule has 5 nitrogen and oxygen atoms in total. The highest BCUT2D eigenvalue weighted by Crippen LogP contribution is 2.21. The van der Waals surface area contributed by atoms with Gasteiger partial charge < -0.3 is 10.2 Å². The van der Waals surface area contributed by atoms with Crippen LogP contribution in [0.4, 0.5) is 5.82 Å². The quantitative estimate of drug-likeness (QED) is 0.870. The number of nitrogens with one attached hydrogen (secondary N) is 1. The molecule has 1 aromatic heterocycles. The molecule has 1 atom stereocenters. The largest absolute Gasteiger partial charge is 0.364 e. The summed E-state index contributed by atoms with van der Waals surface area (Å²) >= 11 is 0. The predicted octanol–water partition coefficient (Wildman–Crippen LogP) is 2.37. The number of nitrogens with zero attached hydrogens (tertiary/aromatic N) is 4. The molecular formula is C16H25N5. The van der Waals surface area contributed by atoms with E-state index in [1.54, 1.807) is 0 Å². The monoisotopic (exact) mass is 287 g/mol. The summed E-state index contributed by atoms with van der Waals surface area (Å²) in [6.45, 7) is 9.60. The van der Waals surface area contributed by atoms with Gasteiger partial charge in [-0.25, -0.2) is 0 Å². The van der Waals surface area contributed by atoms with E-state index >= 15 is 0 Å². The normalized spacial score (nSPS) is 16.7. The molecule has 1 fully saturated rings. The standard InChI is InChI=1S/C16H25N5/c1-4-13-14(10-17)16(20-19-15(13)5-2)18-12(3)11-21-8-6-7-9-21/h12H,4-9,11H2,1-3H3,(H,18,20). The minimum Gasteiger partial charge on any atom is -0.364 e. The molecule has 0 aliphatic carbocycles.